The van der Waals surface area contributed by atoms with E-state index in [1.54, 1.807) is 17.8 Å². The quantitative estimate of drug-likeness (QED) is 0.252. The van der Waals surface area contributed by atoms with Crippen LogP contribution in [0.4, 0.5) is 0 Å². The van der Waals surface area contributed by atoms with E-state index < -0.39 is 11.4 Å². The van der Waals surface area contributed by atoms with Crippen molar-refractivity contribution in [2.45, 2.75) is 97.2 Å². The van der Waals surface area contributed by atoms with E-state index in [1.165, 1.54) is 5.57 Å². The van der Waals surface area contributed by atoms with Gasteiger partial charge in [0.1, 0.15) is 0 Å². The van der Waals surface area contributed by atoms with Crippen LogP contribution in [0.1, 0.15) is 102 Å². The summed E-state index contributed by atoms with van der Waals surface area (Å²) in [4.78, 5) is 12.4. The van der Waals surface area contributed by atoms with Crippen molar-refractivity contribution in [3.8, 4) is 11.5 Å². The van der Waals surface area contributed by atoms with Crippen LogP contribution in [-0.4, -0.2) is 38.8 Å². The summed E-state index contributed by atoms with van der Waals surface area (Å²) in [5, 5.41) is 41.1. The number of carbonyl (C=O) groups is 1. The van der Waals surface area contributed by atoms with E-state index in [1.807, 2.05) is 13.8 Å². The lowest BCUT2D eigenvalue weighted by molar-refractivity contribution is -0.177. The Labute approximate surface area is 225 Å². The minimum absolute atomic E-state index is 0.0140. The van der Waals surface area contributed by atoms with Gasteiger partial charge in [0.05, 0.1) is 12.0 Å². The van der Waals surface area contributed by atoms with Crippen LogP contribution in [0.5, 0.6) is 11.5 Å². The van der Waals surface area contributed by atoms with Gasteiger partial charge in [-0.25, -0.2) is 0 Å². The lowest BCUT2D eigenvalue weighted by Crippen LogP contribution is -2.62. The molecule has 0 radical (unpaired) electrons. The van der Waals surface area contributed by atoms with Crippen LogP contribution >= 0.6 is 11.8 Å². The van der Waals surface area contributed by atoms with Crippen molar-refractivity contribution in [1.29, 1.82) is 0 Å². The molecule has 2 unspecified atom stereocenters. The Morgan fingerprint density at radius 1 is 1.03 bits per heavy atom. The molecule has 3 saturated carbocycles. The number of thioether (sulfide) groups is 1. The van der Waals surface area contributed by atoms with Crippen LogP contribution < -0.4 is 0 Å². The maximum Gasteiger partial charge on any atom is 0.309 e. The first-order valence-corrected chi connectivity index (χ1v) is 15.0. The van der Waals surface area contributed by atoms with E-state index in [0.29, 0.717) is 11.7 Å². The molecule has 4 aliphatic carbocycles. The summed E-state index contributed by atoms with van der Waals surface area (Å²) in [7, 11) is 0. The summed E-state index contributed by atoms with van der Waals surface area (Å²) in [6, 6.07) is 1.79. The Morgan fingerprint density at radius 2 is 1.70 bits per heavy atom. The lowest BCUT2D eigenvalue weighted by atomic mass is 9.34. The fraction of sp³-hybridized carbons (Fsp3) is 0.710. The summed E-state index contributed by atoms with van der Waals surface area (Å²) < 4.78 is 0. The molecule has 1 aromatic carbocycles. The zero-order valence-corrected chi connectivity index (χ0v) is 24.1. The second-order valence-corrected chi connectivity index (χ2v) is 15.0. The van der Waals surface area contributed by atoms with Gasteiger partial charge in [0.2, 0.25) is 0 Å². The first-order chi connectivity index (χ1) is 17.2. The van der Waals surface area contributed by atoms with E-state index in [2.05, 4.69) is 33.8 Å². The molecule has 0 amide bonds. The third kappa shape index (κ3) is 3.50. The summed E-state index contributed by atoms with van der Waals surface area (Å²) in [5.74, 6) is 0.132. The van der Waals surface area contributed by atoms with Gasteiger partial charge < -0.3 is 20.4 Å². The Bertz CT molecular complexity index is 1180. The van der Waals surface area contributed by atoms with Crippen molar-refractivity contribution < 1.29 is 25.2 Å². The van der Waals surface area contributed by atoms with Crippen molar-refractivity contribution in [3.63, 3.8) is 0 Å². The number of hydrogen-bond acceptors (Lipinski definition) is 5. The zero-order valence-electron chi connectivity index (χ0n) is 23.3. The van der Waals surface area contributed by atoms with E-state index in [0.717, 1.165) is 61.6 Å². The number of phenols is 2. The Kier molecular flexibility index (Phi) is 6.13. The molecule has 0 saturated heterocycles. The number of hydrogen-bond donors (Lipinski definition) is 4. The molecule has 6 heteroatoms. The molecule has 0 spiro atoms. The normalized spacial score (nSPS) is 42.6. The third-order valence-corrected chi connectivity index (χ3v) is 13.1. The van der Waals surface area contributed by atoms with Gasteiger partial charge in [-0.1, -0.05) is 39.3 Å². The van der Waals surface area contributed by atoms with Gasteiger partial charge in [-0.05, 0) is 104 Å². The molecule has 0 aromatic heterocycles. The van der Waals surface area contributed by atoms with Gasteiger partial charge in [-0.15, -0.1) is 11.8 Å². The van der Waals surface area contributed by atoms with Gasteiger partial charge >= 0.3 is 5.97 Å². The number of carboxylic acid groups (broad SMARTS) is 1. The fourth-order valence-corrected chi connectivity index (χ4v) is 10.3. The molecule has 7 atom stereocenters. The SMILES string of the molecule is Cc1c(O)c(O)cc2c1C(SCCO)C=C1C2(C)CC[C@@]2(C)[C@@H]3C[C@](C)(C(=O)O)CC[C@]3(C)CC[C@]12C. The van der Waals surface area contributed by atoms with Crippen LogP contribution in [0, 0.1) is 34.5 Å². The number of allylic oxidation sites excluding steroid dienone is 1. The number of rotatable bonds is 4. The highest BCUT2D eigenvalue weighted by Gasteiger charge is 2.67. The standard InChI is InChI=1S/C31H44O5S/c1-18-24-19(15-20(33)25(18)34)29(4)10-12-31(6)23-17-28(3,26(35)36)8-7-27(23,2)9-11-30(31,5)22(29)16-21(24)37-14-13-32/h15-16,21,23,32-34H,7-14,17H2,1-6H3,(H,35,36)/t21?,23-,27-,28-,29?,30-,31+/m1/s1. The average molecular weight is 529 g/mol. The number of aromatic hydroxyl groups is 2. The molecular weight excluding hydrogens is 484 g/mol. The largest absolute Gasteiger partial charge is 0.504 e. The first-order valence-electron chi connectivity index (χ1n) is 13.9. The number of carboxylic acids is 1. The van der Waals surface area contributed by atoms with Crippen molar-refractivity contribution in [1.82, 2.24) is 0 Å². The lowest BCUT2D eigenvalue weighted by Gasteiger charge is -2.70. The molecule has 5 nitrogen and oxygen atoms in total. The Balaban J connectivity index is 1.68. The molecule has 4 N–H and O–H groups in total. The summed E-state index contributed by atoms with van der Waals surface area (Å²) in [6.07, 6.45) is 8.94. The number of benzene rings is 1. The van der Waals surface area contributed by atoms with E-state index in [4.69, 9.17) is 0 Å². The summed E-state index contributed by atoms with van der Waals surface area (Å²) in [5.41, 5.74) is 3.35. The van der Waals surface area contributed by atoms with Gasteiger partial charge in [-0.2, -0.15) is 0 Å². The van der Waals surface area contributed by atoms with Crippen molar-refractivity contribution in [3.05, 3.63) is 34.4 Å². The molecule has 0 bridgehead atoms. The van der Waals surface area contributed by atoms with Gasteiger partial charge in [-0.3, -0.25) is 4.79 Å². The van der Waals surface area contributed by atoms with E-state index in [-0.39, 0.29) is 45.0 Å². The first kappa shape index (κ1) is 26.9. The van der Waals surface area contributed by atoms with E-state index >= 15 is 0 Å². The molecular formula is C31H44O5S. The maximum absolute atomic E-state index is 12.4. The second kappa shape index (κ2) is 8.42. The highest BCUT2D eigenvalue weighted by molar-refractivity contribution is 7.99. The Hall–Kier alpha value is -1.66. The van der Waals surface area contributed by atoms with Crippen LogP contribution in [0.25, 0.3) is 0 Å². The number of fused-ring (bicyclic) bond motifs is 7. The van der Waals surface area contributed by atoms with Gasteiger partial charge in [0, 0.05) is 16.4 Å². The molecule has 0 heterocycles. The molecule has 4 aliphatic rings. The summed E-state index contributed by atoms with van der Waals surface area (Å²) in [6.45, 7) is 13.5. The van der Waals surface area contributed by atoms with Gasteiger partial charge in [0.15, 0.2) is 11.5 Å². The predicted octanol–water partition coefficient (Wildman–Crippen LogP) is 6.87. The molecule has 5 rings (SSSR count). The molecule has 37 heavy (non-hydrogen) atoms. The van der Waals surface area contributed by atoms with Crippen LogP contribution in [0.2, 0.25) is 0 Å². The number of aliphatic hydroxyl groups is 1. The van der Waals surface area contributed by atoms with Crippen LogP contribution in [0.3, 0.4) is 0 Å². The topological polar surface area (TPSA) is 98.0 Å². The third-order valence-electron chi connectivity index (χ3n) is 12.0. The minimum atomic E-state index is -0.681. The number of aliphatic hydroxyl groups excluding tert-OH is 1. The van der Waals surface area contributed by atoms with Gasteiger partial charge in [0.25, 0.3) is 0 Å². The maximum atomic E-state index is 12.4. The number of phenolic OH excluding ortho intramolecular Hbond substituents is 2. The fourth-order valence-electron chi connectivity index (χ4n) is 9.19. The highest BCUT2D eigenvalue weighted by atomic mass is 32.2. The zero-order chi connectivity index (χ0) is 27.2. The van der Waals surface area contributed by atoms with Crippen LogP contribution in [-0.2, 0) is 10.2 Å². The summed E-state index contributed by atoms with van der Waals surface area (Å²) >= 11 is 1.69. The molecule has 1 aromatic rings. The minimum Gasteiger partial charge on any atom is -0.504 e. The van der Waals surface area contributed by atoms with Crippen LogP contribution in [0.15, 0.2) is 17.7 Å². The van der Waals surface area contributed by atoms with Crippen molar-refractivity contribution in [2.75, 3.05) is 12.4 Å². The van der Waals surface area contributed by atoms with Crippen molar-refractivity contribution >= 4 is 17.7 Å². The number of aliphatic carboxylic acids is 1. The van der Waals surface area contributed by atoms with E-state index in [9.17, 15) is 25.2 Å². The second-order valence-electron chi connectivity index (χ2n) is 13.8. The predicted molar refractivity (Wildman–Crippen MR) is 148 cm³/mol. The average Bonchev–Trinajstić information content (AvgIpc) is 2.84. The highest BCUT2D eigenvalue weighted by Crippen LogP contribution is 2.75. The smallest absolute Gasteiger partial charge is 0.309 e. The van der Waals surface area contributed by atoms with Crippen molar-refractivity contribution in [2.24, 2.45) is 27.6 Å². The molecule has 3 fully saturated rings. The molecule has 204 valence electrons. The Morgan fingerprint density at radius 3 is 2.35 bits per heavy atom. The monoisotopic (exact) mass is 528 g/mol. The molecule has 0 aliphatic heterocycles.